The third-order valence-electron chi connectivity index (χ3n) is 5.09. The second-order valence-electron chi connectivity index (χ2n) is 9.70. The summed E-state index contributed by atoms with van der Waals surface area (Å²) in [5.41, 5.74) is 4.33. The van der Waals surface area contributed by atoms with Gasteiger partial charge in [-0.15, -0.1) is 0 Å². The highest BCUT2D eigenvalue weighted by molar-refractivity contribution is 5.37. The molecule has 2 heterocycles. The van der Waals surface area contributed by atoms with E-state index in [4.69, 9.17) is 5.10 Å². The van der Waals surface area contributed by atoms with E-state index in [1.54, 1.807) is 0 Å². The van der Waals surface area contributed by atoms with Gasteiger partial charge in [-0.25, -0.2) is 0 Å². The number of nitrogens with zero attached hydrogens (tertiary/aromatic N) is 4. The summed E-state index contributed by atoms with van der Waals surface area (Å²) < 4.78 is 2.13. The molecule has 0 spiro atoms. The van der Waals surface area contributed by atoms with Crippen molar-refractivity contribution >= 4 is 0 Å². The summed E-state index contributed by atoms with van der Waals surface area (Å²) >= 11 is 0. The molecule has 1 aliphatic heterocycles. The molecule has 0 unspecified atom stereocenters. The predicted molar refractivity (Wildman–Crippen MR) is 103 cm³/mol. The maximum atomic E-state index is 4.95. The van der Waals surface area contributed by atoms with Gasteiger partial charge in [0, 0.05) is 62.5 Å². The van der Waals surface area contributed by atoms with E-state index < -0.39 is 0 Å². The van der Waals surface area contributed by atoms with Crippen LogP contribution in [0.5, 0.6) is 0 Å². The lowest BCUT2D eigenvalue weighted by molar-refractivity contribution is 0.103. The van der Waals surface area contributed by atoms with Gasteiger partial charge < -0.3 is 0 Å². The highest BCUT2D eigenvalue weighted by Crippen LogP contribution is 2.36. The average Bonchev–Trinajstić information content (AvgIpc) is 2.75. The molecule has 0 atom stereocenters. The zero-order valence-corrected chi connectivity index (χ0v) is 17.4. The van der Waals surface area contributed by atoms with Crippen LogP contribution in [0.25, 0.3) is 0 Å². The van der Waals surface area contributed by atoms with Crippen molar-refractivity contribution in [1.29, 1.82) is 0 Å². The van der Waals surface area contributed by atoms with Crippen molar-refractivity contribution in [2.75, 3.05) is 26.2 Å². The summed E-state index contributed by atoms with van der Waals surface area (Å²) in [5.74, 6) is 0. The van der Waals surface area contributed by atoms with Gasteiger partial charge in [-0.1, -0.05) is 41.5 Å². The Morgan fingerprint density at radius 3 is 1.88 bits per heavy atom. The van der Waals surface area contributed by atoms with Gasteiger partial charge in [-0.3, -0.25) is 14.5 Å². The Kier molecular flexibility index (Phi) is 5.51. The highest BCUT2D eigenvalue weighted by Gasteiger charge is 2.33. The second-order valence-corrected chi connectivity index (χ2v) is 9.70. The molecule has 2 rings (SSSR count). The standard InChI is InChI=1S/C20H38N4/c1-15(2)24-12-10-23(11-13-24)14-16-17(19(3,4)5)18(20(6,7)8)22(9)21-16/h15H,10-14H2,1-9H3. The molecule has 1 saturated heterocycles. The van der Waals surface area contributed by atoms with Crippen molar-refractivity contribution in [3.63, 3.8) is 0 Å². The fourth-order valence-corrected chi connectivity index (χ4v) is 3.99. The minimum absolute atomic E-state index is 0.110. The molecular formula is C20H38N4. The van der Waals surface area contributed by atoms with E-state index in [9.17, 15) is 0 Å². The minimum atomic E-state index is 0.110. The van der Waals surface area contributed by atoms with Crippen LogP contribution in [0.2, 0.25) is 0 Å². The molecule has 138 valence electrons. The largest absolute Gasteiger partial charge is 0.298 e. The Morgan fingerprint density at radius 1 is 0.917 bits per heavy atom. The number of aromatic nitrogens is 2. The molecule has 1 aromatic heterocycles. The van der Waals surface area contributed by atoms with E-state index in [-0.39, 0.29) is 10.8 Å². The van der Waals surface area contributed by atoms with E-state index in [2.05, 4.69) is 76.9 Å². The first-order chi connectivity index (χ1) is 10.9. The van der Waals surface area contributed by atoms with Crippen LogP contribution >= 0.6 is 0 Å². The van der Waals surface area contributed by atoms with Crippen LogP contribution in [0.3, 0.4) is 0 Å². The van der Waals surface area contributed by atoms with Crippen molar-refractivity contribution in [1.82, 2.24) is 19.6 Å². The van der Waals surface area contributed by atoms with Crippen LogP contribution in [0.4, 0.5) is 0 Å². The average molecular weight is 335 g/mol. The number of hydrogen-bond donors (Lipinski definition) is 0. The Morgan fingerprint density at radius 2 is 1.46 bits per heavy atom. The van der Waals surface area contributed by atoms with Crippen LogP contribution in [0.1, 0.15) is 72.3 Å². The molecule has 0 aromatic carbocycles. The summed E-state index contributed by atoms with van der Waals surface area (Å²) in [7, 11) is 2.11. The summed E-state index contributed by atoms with van der Waals surface area (Å²) in [5, 5.41) is 4.95. The molecule has 0 radical (unpaired) electrons. The van der Waals surface area contributed by atoms with Crippen LogP contribution in [-0.2, 0) is 24.4 Å². The monoisotopic (exact) mass is 334 g/mol. The van der Waals surface area contributed by atoms with Crippen LogP contribution in [-0.4, -0.2) is 51.8 Å². The van der Waals surface area contributed by atoms with Gasteiger partial charge in [-0.05, 0) is 19.3 Å². The number of aryl methyl sites for hydroxylation is 1. The molecule has 4 nitrogen and oxygen atoms in total. The first kappa shape index (κ1) is 19.5. The molecule has 24 heavy (non-hydrogen) atoms. The molecular weight excluding hydrogens is 296 g/mol. The molecule has 0 aliphatic carbocycles. The van der Waals surface area contributed by atoms with E-state index in [0.29, 0.717) is 6.04 Å². The third-order valence-corrected chi connectivity index (χ3v) is 5.09. The molecule has 0 saturated carbocycles. The van der Waals surface area contributed by atoms with Crippen LogP contribution in [0.15, 0.2) is 0 Å². The van der Waals surface area contributed by atoms with E-state index >= 15 is 0 Å². The summed E-state index contributed by atoms with van der Waals surface area (Å²) in [6.45, 7) is 24.0. The first-order valence-corrected chi connectivity index (χ1v) is 9.44. The van der Waals surface area contributed by atoms with Gasteiger partial charge in [0.05, 0.1) is 5.69 Å². The van der Waals surface area contributed by atoms with Gasteiger partial charge in [0.2, 0.25) is 0 Å². The SMILES string of the molecule is CC(C)N1CCN(Cc2nn(C)c(C(C)(C)C)c2C(C)(C)C)CC1. The lowest BCUT2D eigenvalue weighted by atomic mass is 9.78. The quantitative estimate of drug-likeness (QED) is 0.845. The molecule has 1 aliphatic rings. The Labute approximate surface area is 149 Å². The fourth-order valence-electron chi connectivity index (χ4n) is 3.99. The van der Waals surface area contributed by atoms with E-state index in [0.717, 1.165) is 19.6 Å². The number of rotatable bonds is 3. The smallest absolute Gasteiger partial charge is 0.0805 e. The number of piperazine rings is 1. The normalized spacial score (nSPS) is 18.6. The van der Waals surface area contributed by atoms with Crippen molar-refractivity contribution in [3.8, 4) is 0 Å². The van der Waals surface area contributed by atoms with Gasteiger partial charge >= 0.3 is 0 Å². The highest BCUT2D eigenvalue weighted by atomic mass is 15.3. The van der Waals surface area contributed by atoms with Crippen LogP contribution in [0, 0.1) is 0 Å². The van der Waals surface area contributed by atoms with Gasteiger partial charge in [-0.2, -0.15) is 5.10 Å². The van der Waals surface area contributed by atoms with Crippen molar-refractivity contribution in [2.45, 2.75) is 78.8 Å². The minimum Gasteiger partial charge on any atom is -0.298 e. The number of hydrogen-bond acceptors (Lipinski definition) is 3. The van der Waals surface area contributed by atoms with Crippen molar-refractivity contribution in [2.24, 2.45) is 7.05 Å². The van der Waals surface area contributed by atoms with Gasteiger partial charge in [0.1, 0.15) is 0 Å². The third kappa shape index (κ3) is 4.20. The summed E-state index contributed by atoms with van der Waals surface area (Å²) in [6, 6.07) is 0.652. The second kappa shape index (κ2) is 6.80. The maximum absolute atomic E-state index is 4.95. The maximum Gasteiger partial charge on any atom is 0.0805 e. The van der Waals surface area contributed by atoms with E-state index in [1.165, 1.54) is 30.0 Å². The molecule has 1 fully saturated rings. The molecule has 0 bridgehead atoms. The lowest BCUT2D eigenvalue weighted by Crippen LogP contribution is -2.48. The predicted octanol–water partition coefficient (Wildman–Crippen LogP) is 3.54. The molecule has 0 N–H and O–H groups in total. The molecule has 4 heteroatoms. The lowest BCUT2D eigenvalue weighted by Gasteiger charge is -2.37. The summed E-state index contributed by atoms with van der Waals surface area (Å²) in [4.78, 5) is 5.14. The zero-order valence-electron chi connectivity index (χ0n) is 17.4. The molecule has 0 amide bonds. The Hall–Kier alpha value is -0.870. The van der Waals surface area contributed by atoms with Crippen LogP contribution < -0.4 is 0 Å². The van der Waals surface area contributed by atoms with Crippen molar-refractivity contribution < 1.29 is 0 Å². The van der Waals surface area contributed by atoms with Crippen molar-refractivity contribution in [3.05, 3.63) is 17.0 Å². The molecule has 1 aromatic rings. The Bertz CT molecular complexity index is 549. The Balaban J connectivity index is 2.26. The van der Waals surface area contributed by atoms with Gasteiger partial charge in [0.25, 0.3) is 0 Å². The topological polar surface area (TPSA) is 24.3 Å². The van der Waals surface area contributed by atoms with E-state index in [1.807, 2.05) is 0 Å². The fraction of sp³-hybridized carbons (Fsp3) is 0.850. The first-order valence-electron chi connectivity index (χ1n) is 9.44. The van der Waals surface area contributed by atoms with Gasteiger partial charge in [0.15, 0.2) is 0 Å². The zero-order chi connectivity index (χ0) is 18.3. The summed E-state index contributed by atoms with van der Waals surface area (Å²) in [6.07, 6.45) is 0.